The molecule has 0 unspecified atom stereocenters. The SMILES string of the molecule is Cc1nn(-c2ccccc2)cc1CCCNC(=O)Nc1cccc([N+](=O)[O-])c1. The van der Waals surface area contributed by atoms with E-state index < -0.39 is 11.0 Å². The van der Waals surface area contributed by atoms with Gasteiger partial charge in [0.1, 0.15) is 0 Å². The number of aromatic nitrogens is 2. The summed E-state index contributed by atoms with van der Waals surface area (Å²) < 4.78 is 1.85. The van der Waals surface area contributed by atoms with Crippen LogP contribution in [0.2, 0.25) is 0 Å². The Morgan fingerprint density at radius 1 is 1.18 bits per heavy atom. The Morgan fingerprint density at radius 3 is 2.71 bits per heavy atom. The van der Waals surface area contributed by atoms with Gasteiger partial charge in [-0.15, -0.1) is 0 Å². The van der Waals surface area contributed by atoms with Crippen LogP contribution < -0.4 is 10.6 Å². The Hall–Kier alpha value is -3.68. The van der Waals surface area contributed by atoms with Crippen molar-refractivity contribution in [3.8, 4) is 5.69 Å². The number of amides is 2. The second-order valence-electron chi connectivity index (χ2n) is 6.31. The Morgan fingerprint density at radius 2 is 1.96 bits per heavy atom. The Balaban J connectivity index is 1.47. The summed E-state index contributed by atoms with van der Waals surface area (Å²) in [6.07, 6.45) is 3.55. The zero-order chi connectivity index (χ0) is 19.9. The molecule has 0 radical (unpaired) electrons. The number of aryl methyl sites for hydroxylation is 2. The highest BCUT2D eigenvalue weighted by molar-refractivity contribution is 5.89. The summed E-state index contributed by atoms with van der Waals surface area (Å²) in [7, 11) is 0. The van der Waals surface area contributed by atoms with Gasteiger partial charge < -0.3 is 10.6 Å². The minimum Gasteiger partial charge on any atom is -0.338 e. The molecular weight excluding hydrogens is 358 g/mol. The molecule has 8 heteroatoms. The summed E-state index contributed by atoms with van der Waals surface area (Å²) in [6.45, 7) is 2.45. The average Bonchev–Trinajstić information content (AvgIpc) is 3.07. The molecule has 3 aromatic rings. The molecule has 3 rings (SSSR count). The molecule has 0 saturated heterocycles. The van der Waals surface area contributed by atoms with Crippen LogP contribution in [0.1, 0.15) is 17.7 Å². The fourth-order valence-electron chi connectivity index (χ4n) is 2.81. The first-order valence-electron chi connectivity index (χ1n) is 8.93. The molecule has 2 aromatic carbocycles. The van der Waals surface area contributed by atoms with Crippen molar-refractivity contribution in [2.75, 3.05) is 11.9 Å². The molecule has 2 N–H and O–H groups in total. The molecule has 0 aliphatic rings. The molecule has 0 aliphatic carbocycles. The van der Waals surface area contributed by atoms with E-state index in [0.29, 0.717) is 12.2 Å². The number of nitrogens with zero attached hydrogens (tertiary/aromatic N) is 3. The summed E-state index contributed by atoms with van der Waals surface area (Å²) in [4.78, 5) is 22.2. The maximum atomic E-state index is 12.0. The van der Waals surface area contributed by atoms with Gasteiger partial charge >= 0.3 is 6.03 Å². The van der Waals surface area contributed by atoms with Gasteiger partial charge in [0.15, 0.2) is 0 Å². The standard InChI is InChI=1S/C20H21N5O3/c1-15-16(14-24(23-15)18-9-3-2-4-10-18)7-6-12-21-20(26)22-17-8-5-11-19(13-17)25(27)28/h2-5,8-11,13-14H,6-7,12H2,1H3,(H2,21,22,26). The molecule has 144 valence electrons. The molecule has 0 spiro atoms. The highest BCUT2D eigenvalue weighted by atomic mass is 16.6. The number of anilines is 1. The molecule has 28 heavy (non-hydrogen) atoms. The van der Waals surface area contributed by atoms with Crippen molar-refractivity contribution in [3.63, 3.8) is 0 Å². The van der Waals surface area contributed by atoms with Crippen LogP contribution in [0.4, 0.5) is 16.2 Å². The predicted molar refractivity (Wildman–Crippen MR) is 107 cm³/mol. The number of urea groups is 1. The number of nitro groups is 1. The van der Waals surface area contributed by atoms with Crippen molar-refractivity contribution in [2.24, 2.45) is 0 Å². The number of hydrogen-bond donors (Lipinski definition) is 2. The van der Waals surface area contributed by atoms with Gasteiger partial charge in [0.2, 0.25) is 0 Å². The minimum absolute atomic E-state index is 0.0660. The molecule has 1 heterocycles. The van der Waals surface area contributed by atoms with Gasteiger partial charge in [0.25, 0.3) is 5.69 Å². The Kier molecular flexibility index (Phi) is 6.01. The quantitative estimate of drug-likeness (QED) is 0.370. The molecule has 0 fully saturated rings. The third-order valence-corrected chi connectivity index (χ3v) is 4.24. The normalized spacial score (nSPS) is 10.5. The highest BCUT2D eigenvalue weighted by Crippen LogP contribution is 2.17. The van der Waals surface area contributed by atoms with E-state index in [1.807, 2.05) is 48.1 Å². The van der Waals surface area contributed by atoms with Crippen molar-refractivity contribution < 1.29 is 9.72 Å². The molecule has 0 bridgehead atoms. The number of carbonyl (C=O) groups is 1. The van der Waals surface area contributed by atoms with Gasteiger partial charge in [-0.3, -0.25) is 10.1 Å². The topological polar surface area (TPSA) is 102 Å². The van der Waals surface area contributed by atoms with Gasteiger partial charge in [-0.05, 0) is 43.5 Å². The first-order chi connectivity index (χ1) is 13.5. The lowest BCUT2D eigenvalue weighted by Gasteiger charge is -2.07. The zero-order valence-electron chi connectivity index (χ0n) is 15.5. The van der Waals surface area contributed by atoms with Crippen LogP contribution in [0.5, 0.6) is 0 Å². The summed E-state index contributed by atoms with van der Waals surface area (Å²) in [6, 6.07) is 15.3. The summed E-state index contributed by atoms with van der Waals surface area (Å²) in [5, 5.41) is 20.7. The Labute approximate surface area is 162 Å². The van der Waals surface area contributed by atoms with E-state index in [1.165, 1.54) is 18.2 Å². The van der Waals surface area contributed by atoms with Crippen LogP contribution in [-0.2, 0) is 6.42 Å². The number of nitrogens with one attached hydrogen (secondary N) is 2. The maximum Gasteiger partial charge on any atom is 0.319 e. The molecule has 1 aromatic heterocycles. The van der Waals surface area contributed by atoms with Crippen LogP contribution in [-0.4, -0.2) is 27.3 Å². The molecule has 0 aliphatic heterocycles. The fourth-order valence-corrected chi connectivity index (χ4v) is 2.81. The second kappa shape index (κ2) is 8.81. The molecule has 8 nitrogen and oxygen atoms in total. The monoisotopic (exact) mass is 379 g/mol. The van der Waals surface area contributed by atoms with E-state index in [4.69, 9.17) is 0 Å². The van der Waals surface area contributed by atoms with Crippen LogP contribution >= 0.6 is 0 Å². The first kappa shape index (κ1) is 19.1. The third-order valence-electron chi connectivity index (χ3n) is 4.24. The fraction of sp³-hybridized carbons (Fsp3) is 0.200. The van der Waals surface area contributed by atoms with Gasteiger partial charge in [-0.1, -0.05) is 24.3 Å². The first-order valence-corrected chi connectivity index (χ1v) is 8.93. The lowest BCUT2D eigenvalue weighted by Crippen LogP contribution is -2.29. The van der Waals surface area contributed by atoms with Crippen molar-refractivity contribution in [1.29, 1.82) is 0 Å². The minimum atomic E-state index is -0.499. The maximum absolute atomic E-state index is 12.0. The van der Waals surface area contributed by atoms with E-state index in [0.717, 1.165) is 29.8 Å². The lowest BCUT2D eigenvalue weighted by molar-refractivity contribution is -0.384. The highest BCUT2D eigenvalue weighted by Gasteiger charge is 2.09. The van der Waals surface area contributed by atoms with Crippen molar-refractivity contribution >= 4 is 17.4 Å². The van der Waals surface area contributed by atoms with Gasteiger partial charge in [-0.25, -0.2) is 9.48 Å². The third kappa shape index (κ3) is 4.94. The number of carbonyl (C=O) groups excluding carboxylic acids is 1. The number of benzene rings is 2. The smallest absolute Gasteiger partial charge is 0.319 e. The summed E-state index contributed by atoms with van der Waals surface area (Å²) in [5.74, 6) is 0. The van der Waals surface area contributed by atoms with Gasteiger partial charge in [0, 0.05) is 30.6 Å². The number of nitro benzene ring substituents is 1. The second-order valence-corrected chi connectivity index (χ2v) is 6.31. The van der Waals surface area contributed by atoms with E-state index in [9.17, 15) is 14.9 Å². The average molecular weight is 379 g/mol. The van der Waals surface area contributed by atoms with Gasteiger partial charge in [0.05, 0.1) is 16.3 Å². The van der Waals surface area contributed by atoms with E-state index >= 15 is 0 Å². The molecule has 0 atom stereocenters. The van der Waals surface area contributed by atoms with Crippen LogP contribution in [0.3, 0.4) is 0 Å². The van der Waals surface area contributed by atoms with E-state index in [-0.39, 0.29) is 5.69 Å². The number of non-ortho nitro benzene ring substituents is 1. The Bertz CT molecular complexity index is 969. The summed E-state index contributed by atoms with van der Waals surface area (Å²) in [5.41, 5.74) is 3.41. The van der Waals surface area contributed by atoms with Crippen LogP contribution in [0.15, 0.2) is 60.8 Å². The number of para-hydroxylation sites is 1. The number of hydrogen-bond acceptors (Lipinski definition) is 4. The largest absolute Gasteiger partial charge is 0.338 e. The van der Waals surface area contributed by atoms with Gasteiger partial charge in [-0.2, -0.15) is 5.10 Å². The van der Waals surface area contributed by atoms with E-state index in [2.05, 4.69) is 15.7 Å². The van der Waals surface area contributed by atoms with Crippen molar-refractivity contribution in [2.45, 2.75) is 19.8 Å². The predicted octanol–water partition coefficient (Wildman–Crippen LogP) is 3.84. The van der Waals surface area contributed by atoms with Crippen molar-refractivity contribution in [1.82, 2.24) is 15.1 Å². The van der Waals surface area contributed by atoms with E-state index in [1.54, 1.807) is 6.07 Å². The van der Waals surface area contributed by atoms with Crippen molar-refractivity contribution in [3.05, 3.63) is 82.2 Å². The molecular formula is C20H21N5O3. The lowest BCUT2D eigenvalue weighted by atomic mass is 10.1. The molecule has 0 saturated carbocycles. The zero-order valence-corrected chi connectivity index (χ0v) is 15.5. The number of rotatable bonds is 7. The summed E-state index contributed by atoms with van der Waals surface area (Å²) >= 11 is 0. The van der Waals surface area contributed by atoms with Crippen LogP contribution in [0.25, 0.3) is 5.69 Å². The van der Waals surface area contributed by atoms with Crippen LogP contribution in [0, 0.1) is 17.0 Å². The molecule has 2 amide bonds.